The summed E-state index contributed by atoms with van der Waals surface area (Å²) in [6.07, 6.45) is 0. The lowest BCUT2D eigenvalue weighted by Gasteiger charge is -2.28. The molecule has 3 aromatic carbocycles. The highest BCUT2D eigenvalue weighted by atomic mass is 35.5. The first kappa shape index (κ1) is 24.9. The molecule has 0 aliphatic carbocycles. The van der Waals surface area contributed by atoms with Gasteiger partial charge in [0.05, 0.1) is 12.7 Å². The van der Waals surface area contributed by atoms with Crippen LogP contribution in [0.4, 0.5) is 11.6 Å². The summed E-state index contributed by atoms with van der Waals surface area (Å²) in [4.78, 5) is 18.3. The Morgan fingerprint density at radius 3 is 2.51 bits per heavy atom. The van der Waals surface area contributed by atoms with E-state index in [4.69, 9.17) is 26.4 Å². The number of halogens is 1. The summed E-state index contributed by atoms with van der Waals surface area (Å²) in [7, 11) is 1.61. The van der Waals surface area contributed by atoms with Gasteiger partial charge in [-0.3, -0.25) is 4.79 Å². The Bertz CT molecular complexity index is 1460. The number of rotatable bonds is 7. The smallest absolute Gasteiger partial charge is 0.255 e. The number of allylic oxidation sites excluding steroid dienone is 1. The van der Waals surface area contributed by atoms with Crippen molar-refractivity contribution in [2.75, 3.05) is 17.7 Å². The Kier molecular flexibility index (Phi) is 7.21. The lowest BCUT2D eigenvalue weighted by molar-refractivity contribution is -0.113. The minimum absolute atomic E-state index is 0.231. The van der Waals surface area contributed by atoms with Gasteiger partial charge in [-0.05, 0) is 66.9 Å². The highest BCUT2D eigenvalue weighted by Crippen LogP contribution is 2.37. The van der Waals surface area contributed by atoms with Crippen molar-refractivity contribution in [1.29, 1.82) is 0 Å². The molecule has 188 valence electrons. The maximum absolute atomic E-state index is 13.6. The molecule has 9 heteroatoms. The number of nitrogens with one attached hydrogen (secondary N) is 2. The highest BCUT2D eigenvalue weighted by molar-refractivity contribution is 7.98. The van der Waals surface area contributed by atoms with E-state index in [1.54, 1.807) is 47.8 Å². The van der Waals surface area contributed by atoms with E-state index in [-0.39, 0.29) is 5.91 Å². The quantitative estimate of drug-likeness (QED) is 0.266. The number of anilines is 2. The first-order chi connectivity index (χ1) is 17.9. The average molecular weight is 532 g/mol. The predicted octanol–water partition coefficient (Wildman–Crippen LogP) is 6.47. The Labute approximate surface area is 224 Å². The van der Waals surface area contributed by atoms with Gasteiger partial charge in [-0.2, -0.15) is 4.98 Å². The first-order valence-corrected chi connectivity index (χ1v) is 13.1. The largest absolute Gasteiger partial charge is 0.497 e. The lowest BCUT2D eigenvalue weighted by atomic mass is 9.95. The van der Waals surface area contributed by atoms with Gasteiger partial charge in [-0.15, -0.1) is 5.10 Å². The van der Waals surface area contributed by atoms with Crippen molar-refractivity contribution in [3.63, 3.8) is 0 Å². The number of amides is 1. The number of thioether (sulfide) groups is 1. The number of benzene rings is 3. The molecule has 0 saturated heterocycles. The van der Waals surface area contributed by atoms with Crippen LogP contribution in [-0.4, -0.2) is 27.8 Å². The molecule has 37 heavy (non-hydrogen) atoms. The van der Waals surface area contributed by atoms with Crippen molar-refractivity contribution < 1.29 is 9.53 Å². The molecule has 4 aromatic rings. The molecular weight excluding hydrogens is 506 g/mol. The number of aromatic nitrogens is 3. The summed E-state index contributed by atoms with van der Waals surface area (Å²) in [6.45, 7) is 3.98. The minimum Gasteiger partial charge on any atom is -0.497 e. The number of carbonyl (C=O) groups excluding carboxylic acids is 1. The molecule has 0 saturated carbocycles. The molecule has 2 N–H and O–H groups in total. The van der Waals surface area contributed by atoms with Gasteiger partial charge in [0.25, 0.3) is 5.91 Å². The lowest BCUT2D eigenvalue weighted by Crippen LogP contribution is -2.31. The van der Waals surface area contributed by atoms with Gasteiger partial charge in [0.15, 0.2) is 0 Å². The molecular formula is C28H26ClN5O2S. The van der Waals surface area contributed by atoms with E-state index in [2.05, 4.69) is 29.7 Å². The maximum Gasteiger partial charge on any atom is 0.255 e. The third-order valence-corrected chi connectivity index (χ3v) is 7.37. The van der Waals surface area contributed by atoms with Crippen molar-refractivity contribution in [2.45, 2.75) is 30.8 Å². The van der Waals surface area contributed by atoms with Crippen molar-refractivity contribution in [2.24, 2.45) is 0 Å². The van der Waals surface area contributed by atoms with Gasteiger partial charge in [-0.1, -0.05) is 59.8 Å². The van der Waals surface area contributed by atoms with Gasteiger partial charge in [0, 0.05) is 22.2 Å². The van der Waals surface area contributed by atoms with Gasteiger partial charge in [0.2, 0.25) is 11.1 Å². The molecule has 1 aliphatic rings. The Morgan fingerprint density at radius 2 is 1.81 bits per heavy atom. The third-order valence-electron chi connectivity index (χ3n) is 6.23. The van der Waals surface area contributed by atoms with Gasteiger partial charge >= 0.3 is 0 Å². The summed E-state index contributed by atoms with van der Waals surface area (Å²) >= 11 is 7.74. The van der Waals surface area contributed by atoms with E-state index in [9.17, 15) is 4.79 Å². The Balaban J connectivity index is 1.47. The molecule has 7 nitrogen and oxygen atoms in total. The van der Waals surface area contributed by atoms with Crippen molar-refractivity contribution in [3.8, 4) is 5.75 Å². The molecule has 0 bridgehead atoms. The van der Waals surface area contributed by atoms with Crippen LogP contribution >= 0.6 is 23.4 Å². The fourth-order valence-corrected chi connectivity index (χ4v) is 5.26. The van der Waals surface area contributed by atoms with E-state index >= 15 is 0 Å². The van der Waals surface area contributed by atoms with Crippen molar-refractivity contribution >= 4 is 40.9 Å². The molecule has 1 amide bonds. The molecule has 0 spiro atoms. The maximum atomic E-state index is 13.6. The number of aryl methyl sites for hydroxylation is 1. The van der Waals surface area contributed by atoms with E-state index in [1.807, 2.05) is 43.3 Å². The molecule has 0 unspecified atom stereocenters. The first-order valence-electron chi connectivity index (χ1n) is 11.8. The van der Waals surface area contributed by atoms with Crippen LogP contribution in [0.5, 0.6) is 5.75 Å². The second-order valence-electron chi connectivity index (χ2n) is 8.68. The standard InChI is InChI=1S/C28H26ClN5O2S/c1-17-6-4-5-7-20(17)16-37-28-32-27-30-18(2)24(26(35)31-22-12-14-23(36-3)15-13-22)25(34(27)33-28)19-8-10-21(29)11-9-19/h4-15,25H,16H2,1-3H3,(H,31,35)(H,30,32,33)/t25-/m1/s1. The Hall–Kier alpha value is -3.75. The zero-order chi connectivity index (χ0) is 25.9. The highest BCUT2D eigenvalue weighted by Gasteiger charge is 2.34. The van der Waals surface area contributed by atoms with E-state index in [0.717, 1.165) is 17.1 Å². The van der Waals surface area contributed by atoms with E-state index in [0.29, 0.717) is 33.1 Å². The number of carbonyl (C=O) groups is 1. The second-order valence-corrected chi connectivity index (χ2v) is 10.1. The van der Waals surface area contributed by atoms with Crippen LogP contribution in [0.15, 0.2) is 89.2 Å². The fourth-order valence-electron chi connectivity index (χ4n) is 4.23. The summed E-state index contributed by atoms with van der Waals surface area (Å²) in [6, 6.07) is 22.5. The zero-order valence-corrected chi connectivity index (χ0v) is 22.2. The molecule has 0 fully saturated rings. The number of hydrogen-bond acceptors (Lipinski definition) is 6. The molecule has 2 heterocycles. The summed E-state index contributed by atoms with van der Waals surface area (Å²) in [5.74, 6) is 1.82. The topological polar surface area (TPSA) is 81.1 Å². The van der Waals surface area contributed by atoms with Crippen LogP contribution < -0.4 is 15.4 Å². The molecule has 5 rings (SSSR count). The predicted molar refractivity (Wildman–Crippen MR) is 148 cm³/mol. The van der Waals surface area contributed by atoms with Crippen LogP contribution in [0.2, 0.25) is 5.02 Å². The number of nitrogens with zero attached hydrogens (tertiary/aromatic N) is 3. The number of methoxy groups -OCH3 is 1. The molecule has 1 aromatic heterocycles. The molecule has 1 aliphatic heterocycles. The van der Waals surface area contributed by atoms with Crippen LogP contribution in [-0.2, 0) is 10.5 Å². The SMILES string of the molecule is COc1ccc(NC(=O)C2=C(C)Nc3nc(SCc4ccccc4C)nn3[C@@H]2c2ccc(Cl)cc2)cc1. The minimum atomic E-state index is -0.480. The number of ether oxygens (including phenoxy) is 1. The van der Waals surface area contributed by atoms with Gasteiger partial charge < -0.3 is 15.4 Å². The monoisotopic (exact) mass is 531 g/mol. The second kappa shape index (κ2) is 10.7. The molecule has 0 radical (unpaired) electrons. The Morgan fingerprint density at radius 1 is 1.08 bits per heavy atom. The zero-order valence-electron chi connectivity index (χ0n) is 20.7. The summed E-state index contributed by atoms with van der Waals surface area (Å²) < 4.78 is 7.00. The van der Waals surface area contributed by atoms with Crippen LogP contribution in [0.3, 0.4) is 0 Å². The van der Waals surface area contributed by atoms with Crippen LogP contribution in [0.25, 0.3) is 0 Å². The number of hydrogen-bond donors (Lipinski definition) is 2. The van der Waals surface area contributed by atoms with Crippen molar-refractivity contribution in [1.82, 2.24) is 14.8 Å². The third kappa shape index (κ3) is 5.35. The van der Waals surface area contributed by atoms with Crippen LogP contribution in [0, 0.1) is 6.92 Å². The number of fused-ring (bicyclic) bond motifs is 1. The van der Waals surface area contributed by atoms with E-state index in [1.165, 1.54) is 11.1 Å². The normalized spacial score (nSPS) is 14.6. The van der Waals surface area contributed by atoms with E-state index < -0.39 is 6.04 Å². The fraction of sp³-hybridized carbons (Fsp3) is 0.179. The van der Waals surface area contributed by atoms with Gasteiger partial charge in [-0.25, -0.2) is 4.68 Å². The summed E-state index contributed by atoms with van der Waals surface area (Å²) in [5.41, 5.74) is 5.27. The van der Waals surface area contributed by atoms with Crippen LogP contribution in [0.1, 0.15) is 29.7 Å². The average Bonchev–Trinajstić information content (AvgIpc) is 3.30. The van der Waals surface area contributed by atoms with Crippen molar-refractivity contribution in [3.05, 3.63) is 106 Å². The van der Waals surface area contributed by atoms with Gasteiger partial charge in [0.1, 0.15) is 11.8 Å². The summed E-state index contributed by atoms with van der Waals surface area (Å²) in [5, 5.41) is 12.4. The molecule has 1 atom stereocenters.